The van der Waals surface area contributed by atoms with Crippen LogP contribution in [0, 0.1) is 0 Å². The average Bonchev–Trinajstić information content (AvgIpc) is 3.37. The summed E-state index contributed by atoms with van der Waals surface area (Å²) in [6.45, 7) is 0. The molecule has 0 bridgehead atoms. The molecule has 2 aromatic carbocycles. The number of aliphatic carboxylic acids is 2. The van der Waals surface area contributed by atoms with E-state index in [-0.39, 0.29) is 25.7 Å². The number of carbonyl (C=O) groups excluding carboxylic acids is 4. The van der Waals surface area contributed by atoms with Crippen molar-refractivity contribution in [3.05, 3.63) is 71.9 Å². The van der Waals surface area contributed by atoms with Crippen molar-refractivity contribution in [3.63, 3.8) is 0 Å². The van der Waals surface area contributed by atoms with Crippen LogP contribution in [0.1, 0.15) is 30.4 Å². The van der Waals surface area contributed by atoms with E-state index in [9.17, 15) is 33.9 Å². The number of carboxylic acids is 2. The number of carboxylic acid groups (broad SMARTS) is 2. The third-order valence-corrected chi connectivity index (χ3v) is 6.67. The van der Waals surface area contributed by atoms with Crippen LogP contribution in [0.25, 0.3) is 10.9 Å². The summed E-state index contributed by atoms with van der Waals surface area (Å²) in [6.07, 6.45) is 0.359. The van der Waals surface area contributed by atoms with Gasteiger partial charge in [0.15, 0.2) is 0 Å². The number of benzene rings is 2. The first kappa shape index (κ1) is 32.3. The summed E-state index contributed by atoms with van der Waals surface area (Å²) in [6, 6.07) is 10.7. The van der Waals surface area contributed by atoms with Crippen molar-refractivity contribution in [1.29, 1.82) is 0 Å². The number of fused-ring (bicyclic) bond motifs is 1. The molecule has 0 fully saturated rings. The Morgan fingerprint density at radius 1 is 0.767 bits per heavy atom. The van der Waals surface area contributed by atoms with Gasteiger partial charge < -0.3 is 42.6 Å². The number of primary amides is 1. The SMILES string of the molecule is NC(=O)CCC(NC(=O)C(Cc1ccccc1)NC(=O)C(N)Cc1c[nH]c2ccccc12)C(=O)NC(CC(=O)O)C(=O)O. The Morgan fingerprint density at radius 3 is 2.02 bits per heavy atom. The number of amides is 4. The van der Waals surface area contributed by atoms with Gasteiger partial charge in [0.25, 0.3) is 0 Å². The molecule has 0 saturated heterocycles. The first-order chi connectivity index (χ1) is 20.4. The lowest BCUT2D eigenvalue weighted by Gasteiger charge is -2.25. The average molecular weight is 595 g/mol. The maximum Gasteiger partial charge on any atom is 0.326 e. The highest BCUT2D eigenvalue weighted by molar-refractivity contribution is 5.95. The molecule has 14 heteroatoms. The Kier molecular flexibility index (Phi) is 11.3. The molecule has 0 saturated carbocycles. The highest BCUT2D eigenvalue weighted by atomic mass is 16.4. The van der Waals surface area contributed by atoms with Gasteiger partial charge in [0.2, 0.25) is 23.6 Å². The highest BCUT2D eigenvalue weighted by Crippen LogP contribution is 2.19. The normalized spacial score (nSPS) is 13.7. The summed E-state index contributed by atoms with van der Waals surface area (Å²) in [5.74, 6) is -6.35. The molecule has 0 radical (unpaired) electrons. The quantitative estimate of drug-likeness (QED) is 0.107. The topological polar surface area (TPSA) is 247 Å². The summed E-state index contributed by atoms with van der Waals surface area (Å²) >= 11 is 0. The third-order valence-electron chi connectivity index (χ3n) is 6.67. The lowest BCUT2D eigenvalue weighted by molar-refractivity contribution is -0.147. The van der Waals surface area contributed by atoms with Crippen LogP contribution in [0.3, 0.4) is 0 Å². The molecule has 228 valence electrons. The Bertz CT molecular complexity index is 1470. The summed E-state index contributed by atoms with van der Waals surface area (Å²) in [4.78, 5) is 76.6. The molecule has 0 aliphatic rings. The van der Waals surface area contributed by atoms with Crippen molar-refractivity contribution in [2.45, 2.75) is 56.3 Å². The number of rotatable bonds is 16. The van der Waals surface area contributed by atoms with Crippen LogP contribution in [0.5, 0.6) is 0 Å². The number of para-hydroxylation sites is 1. The molecule has 1 heterocycles. The zero-order chi connectivity index (χ0) is 31.5. The standard InChI is InChI=1S/C29H34N6O8/c30-19(13-17-15-32-20-9-5-4-8-18(17)20)26(39)34-22(12-16-6-2-1-3-7-16)28(41)33-21(10-11-24(31)36)27(40)35-23(29(42)43)14-25(37)38/h1-9,15,19,21-23,32H,10-14,30H2,(H2,31,36)(H,33,41)(H,34,39)(H,35,40)(H,37,38)(H,42,43). The van der Waals surface area contributed by atoms with Gasteiger partial charge in [-0.1, -0.05) is 48.5 Å². The fourth-order valence-electron chi connectivity index (χ4n) is 4.44. The van der Waals surface area contributed by atoms with Crippen molar-refractivity contribution in [2.75, 3.05) is 0 Å². The van der Waals surface area contributed by atoms with Crippen LogP contribution in [-0.4, -0.2) is 74.9 Å². The van der Waals surface area contributed by atoms with E-state index in [1.54, 1.807) is 36.5 Å². The molecule has 4 unspecified atom stereocenters. The lowest BCUT2D eigenvalue weighted by atomic mass is 10.0. The van der Waals surface area contributed by atoms with E-state index in [0.29, 0.717) is 5.56 Å². The second-order valence-electron chi connectivity index (χ2n) is 9.98. The number of nitrogens with two attached hydrogens (primary N) is 2. The van der Waals surface area contributed by atoms with Crippen LogP contribution in [0.15, 0.2) is 60.8 Å². The van der Waals surface area contributed by atoms with Crippen LogP contribution in [0.4, 0.5) is 0 Å². The fraction of sp³-hybridized carbons (Fsp3) is 0.310. The highest BCUT2D eigenvalue weighted by Gasteiger charge is 2.31. The second kappa shape index (κ2) is 15.1. The number of carbonyl (C=O) groups is 6. The van der Waals surface area contributed by atoms with Gasteiger partial charge in [-0.05, 0) is 30.0 Å². The molecule has 1 aromatic heterocycles. The van der Waals surface area contributed by atoms with Gasteiger partial charge >= 0.3 is 11.9 Å². The van der Waals surface area contributed by atoms with Crippen molar-refractivity contribution >= 4 is 46.5 Å². The van der Waals surface area contributed by atoms with Crippen molar-refractivity contribution in [2.24, 2.45) is 11.5 Å². The number of aromatic nitrogens is 1. The van der Waals surface area contributed by atoms with Gasteiger partial charge in [-0.3, -0.25) is 24.0 Å². The van der Waals surface area contributed by atoms with Gasteiger partial charge in [0, 0.05) is 29.9 Å². The molecular weight excluding hydrogens is 560 g/mol. The Hall–Kier alpha value is -5.24. The molecule has 0 aliphatic heterocycles. The van der Waals surface area contributed by atoms with E-state index < -0.39 is 66.2 Å². The minimum absolute atomic E-state index is 0.0130. The van der Waals surface area contributed by atoms with Crippen LogP contribution >= 0.6 is 0 Å². The summed E-state index contributed by atoms with van der Waals surface area (Å²) in [5, 5.41) is 26.3. The Balaban J connectivity index is 1.78. The number of aromatic amines is 1. The molecule has 0 aliphatic carbocycles. The zero-order valence-corrected chi connectivity index (χ0v) is 23.1. The summed E-state index contributed by atoms with van der Waals surface area (Å²) in [7, 11) is 0. The van der Waals surface area contributed by atoms with E-state index in [1.807, 2.05) is 24.3 Å². The minimum atomic E-state index is -1.79. The molecule has 4 atom stereocenters. The predicted octanol–water partition coefficient (Wildman–Crippen LogP) is -0.440. The van der Waals surface area contributed by atoms with Gasteiger partial charge in [0.1, 0.15) is 18.1 Å². The van der Waals surface area contributed by atoms with E-state index in [0.717, 1.165) is 16.5 Å². The van der Waals surface area contributed by atoms with Gasteiger partial charge in [-0.15, -0.1) is 0 Å². The minimum Gasteiger partial charge on any atom is -0.481 e. The van der Waals surface area contributed by atoms with E-state index in [1.165, 1.54) is 0 Å². The van der Waals surface area contributed by atoms with Crippen LogP contribution < -0.4 is 27.4 Å². The fourth-order valence-corrected chi connectivity index (χ4v) is 4.44. The zero-order valence-electron chi connectivity index (χ0n) is 23.1. The Morgan fingerprint density at radius 2 is 1.37 bits per heavy atom. The molecule has 4 amide bonds. The molecule has 14 nitrogen and oxygen atoms in total. The van der Waals surface area contributed by atoms with Crippen molar-refractivity contribution < 1.29 is 39.0 Å². The lowest BCUT2D eigenvalue weighted by Crippen LogP contribution is -2.58. The van der Waals surface area contributed by atoms with Gasteiger partial charge in [0.05, 0.1) is 12.5 Å². The van der Waals surface area contributed by atoms with Gasteiger partial charge in [-0.25, -0.2) is 4.79 Å². The van der Waals surface area contributed by atoms with Crippen molar-refractivity contribution in [3.8, 4) is 0 Å². The molecular formula is C29H34N6O8. The molecule has 0 spiro atoms. The first-order valence-electron chi connectivity index (χ1n) is 13.4. The summed E-state index contributed by atoms with van der Waals surface area (Å²) in [5.41, 5.74) is 13.8. The molecule has 43 heavy (non-hydrogen) atoms. The van der Waals surface area contributed by atoms with Gasteiger partial charge in [-0.2, -0.15) is 0 Å². The smallest absolute Gasteiger partial charge is 0.326 e. The van der Waals surface area contributed by atoms with E-state index in [2.05, 4.69) is 20.9 Å². The second-order valence-corrected chi connectivity index (χ2v) is 9.98. The molecule has 3 rings (SSSR count). The number of H-pyrrole nitrogens is 1. The summed E-state index contributed by atoms with van der Waals surface area (Å²) < 4.78 is 0. The third kappa shape index (κ3) is 9.67. The maximum atomic E-state index is 13.5. The number of hydrogen-bond donors (Lipinski definition) is 8. The monoisotopic (exact) mass is 594 g/mol. The predicted molar refractivity (Wildman–Crippen MR) is 154 cm³/mol. The Labute approximate surface area is 246 Å². The van der Waals surface area contributed by atoms with Crippen LogP contribution in [-0.2, 0) is 41.6 Å². The molecule has 3 aromatic rings. The largest absolute Gasteiger partial charge is 0.481 e. The first-order valence-corrected chi connectivity index (χ1v) is 13.4. The van der Waals surface area contributed by atoms with Crippen molar-refractivity contribution in [1.82, 2.24) is 20.9 Å². The molecule has 10 N–H and O–H groups in total. The maximum absolute atomic E-state index is 13.5. The number of hydrogen-bond acceptors (Lipinski definition) is 7. The van der Waals surface area contributed by atoms with E-state index in [4.69, 9.17) is 16.6 Å². The van der Waals surface area contributed by atoms with Crippen LogP contribution in [0.2, 0.25) is 0 Å². The van der Waals surface area contributed by atoms with E-state index >= 15 is 0 Å². The number of nitrogens with one attached hydrogen (secondary N) is 4.